The molecule has 0 saturated carbocycles. The molecule has 1 aliphatic heterocycles. The van der Waals surface area contributed by atoms with Crippen LogP contribution in [0.4, 0.5) is 5.69 Å². The minimum Gasteiger partial charge on any atom is -0.508 e. The molecular weight excluding hydrogens is 1740 g/mol. The van der Waals surface area contributed by atoms with Crippen molar-refractivity contribution in [1.82, 2.24) is 100 Å². The van der Waals surface area contributed by atoms with Gasteiger partial charge in [0.25, 0.3) is 0 Å². The van der Waals surface area contributed by atoms with E-state index in [4.69, 9.17) is 105 Å². The fraction of sp³-hybridized carbons (Fsp3) is 0.468. The van der Waals surface area contributed by atoms with E-state index in [9.17, 15) is 72.5 Å². The third-order valence-electron chi connectivity index (χ3n) is 19.5. The van der Waals surface area contributed by atoms with Crippen molar-refractivity contribution in [1.29, 1.82) is 37.9 Å². The maximum Gasteiger partial charge on any atom is 0.336 e. The number of esters is 1. The number of carbonyl (C=O) groups is 12. The summed E-state index contributed by atoms with van der Waals surface area (Å²) in [6, 6.07) is 1.26. The van der Waals surface area contributed by atoms with Crippen LogP contribution in [0.3, 0.4) is 0 Å². The number of aromatic carboxylic acids is 1. The number of rotatable bonds is 59. The van der Waals surface area contributed by atoms with E-state index in [0.717, 1.165) is 0 Å². The first kappa shape index (κ1) is 107. The number of anilines is 1. The van der Waals surface area contributed by atoms with Gasteiger partial charge >= 0.3 is 11.9 Å². The number of aromatic amines is 1. The predicted octanol–water partition coefficient (Wildman–Crippen LogP) is -6.35. The minimum absolute atomic E-state index is 0.00491. The quantitative estimate of drug-likeness (QED) is 0.00430. The van der Waals surface area contributed by atoms with Crippen LogP contribution in [0.2, 0.25) is 0 Å². The van der Waals surface area contributed by atoms with Crippen molar-refractivity contribution in [3.63, 3.8) is 0 Å². The summed E-state index contributed by atoms with van der Waals surface area (Å²) >= 11 is 5.44. The number of nitrogens with zero attached hydrogens (tertiary/aromatic N) is 1. The molecule has 8 atom stereocenters. The van der Waals surface area contributed by atoms with Crippen LogP contribution < -0.4 is 147 Å². The molecule has 0 bridgehead atoms. The fourth-order valence-electron chi connectivity index (χ4n) is 13.1. The number of carbonyl (C=O) groups excluding carboxylic acids is 11. The highest BCUT2D eigenvalue weighted by Gasteiger charge is 2.36. The number of imidazole rings is 1. The zero-order valence-electron chi connectivity index (χ0n) is 72.5. The molecule has 2 aliphatic rings. The lowest BCUT2D eigenvalue weighted by molar-refractivity contribution is -0.145. The maximum absolute atomic E-state index is 14.9. The second-order valence-corrected chi connectivity index (χ2v) is 30.4. The van der Waals surface area contributed by atoms with Gasteiger partial charge in [-0.3, -0.25) is 95.4 Å². The molecule has 1 aromatic heterocycles. The average molecular weight is 1870 g/mol. The normalized spacial score (nSPS) is 12.6. The van der Waals surface area contributed by atoms with Crippen molar-refractivity contribution < 1.29 is 76.9 Å². The number of benzene rings is 3. The molecule has 0 unspecified atom stereocenters. The molecule has 44 N–H and O–H groups in total. The van der Waals surface area contributed by atoms with E-state index in [1.54, 1.807) is 18.2 Å². The molecule has 0 radical (unpaired) electrons. The van der Waals surface area contributed by atoms with Gasteiger partial charge in [-0.2, -0.15) is 0 Å². The summed E-state index contributed by atoms with van der Waals surface area (Å²) < 4.78 is 11.2. The number of fused-ring (bicyclic) bond motifs is 2. The van der Waals surface area contributed by atoms with Crippen LogP contribution in [-0.2, 0) is 63.9 Å². The summed E-state index contributed by atoms with van der Waals surface area (Å²) in [4.78, 5) is 186. The zero-order chi connectivity index (χ0) is 97.4. The van der Waals surface area contributed by atoms with Crippen molar-refractivity contribution in [3.05, 3.63) is 88.6 Å². The molecule has 2 heterocycles. The smallest absolute Gasteiger partial charge is 0.336 e. The standard InChI is InChI=1S/C79H121N35O17S/c80-63(120)49(9-1-26-97-72(81)82)109-66(123)51(11-3-28-99-74(85)86)111-68(125)53(13-5-30-101-76(89)90)113-70(127)55(15-7-32-103-78(93)94)114-69(126)54(14-6-31-102-77(91)92)112-67(124)52(12-4-29-100-75(87)88)110-65(122)50(10-2-27-98-73(83)84)107-59(117)16-8-25-96-64(121)56(36-42-39-95-40-105-42)108-60(118)23-24-61(119)130-34-33-104-79(132)106-41-17-20-45(48(35-41)71(128)129)62-46-21-18-43(115)37-57(46)131-58-38-44(116)19-22-47(58)62/h17-22,35,37-40,49-56,115H,1-16,23-34,36H2,(H2,80,120)(H,95,105)(H,96,121)(H,107,117)(H,108,118)(H,109,123)(H,110,122)(H,111,125)(H,112,124)(H,113,127)(H,114,126)(H,128,129)(H4,81,82,97)(H4,83,84,98)(H4,85,86,99)(H4,87,88,100)(H4,89,90,101)(H4,91,92,102)(H4,93,94,103)(H2,104,106,132)/t49-,50-,51-,52-,53-,54-,55-,56-/m1/s1. The van der Waals surface area contributed by atoms with Crippen molar-refractivity contribution in [2.24, 2.45) is 45.9 Å². The zero-order valence-corrected chi connectivity index (χ0v) is 73.3. The number of nitrogens with two attached hydrogens (primary N) is 8. The Hall–Kier alpha value is -15.6. The van der Waals surface area contributed by atoms with Crippen molar-refractivity contribution in [2.75, 3.05) is 70.8 Å². The van der Waals surface area contributed by atoms with Crippen LogP contribution >= 0.6 is 12.2 Å². The number of ether oxygens (including phenoxy) is 1. The third kappa shape index (κ3) is 40.6. The first-order valence-electron chi connectivity index (χ1n) is 42.1. The van der Waals surface area contributed by atoms with Crippen molar-refractivity contribution in [3.8, 4) is 28.2 Å². The van der Waals surface area contributed by atoms with Gasteiger partial charge < -0.3 is 166 Å². The predicted molar refractivity (Wildman–Crippen MR) is 491 cm³/mol. The molecule has 0 saturated heterocycles. The monoisotopic (exact) mass is 1860 g/mol. The largest absolute Gasteiger partial charge is 0.508 e. The highest BCUT2D eigenvalue weighted by atomic mass is 32.1. The summed E-state index contributed by atoms with van der Waals surface area (Å²) in [7, 11) is 0. The molecule has 3 aromatic rings. The Bertz CT molecular complexity index is 4900. The number of H-pyrrole nitrogens is 1. The van der Waals surface area contributed by atoms with E-state index in [-0.39, 0.29) is 225 Å². The van der Waals surface area contributed by atoms with Crippen molar-refractivity contribution in [2.45, 2.75) is 170 Å². The number of phenolic OH excluding ortho intramolecular Hbond substituents is 1. The van der Waals surface area contributed by atoms with Gasteiger partial charge in [0, 0.05) is 112 Å². The number of carboxylic acids is 1. The van der Waals surface area contributed by atoms with E-state index >= 15 is 0 Å². The van der Waals surface area contributed by atoms with E-state index in [0.29, 0.717) is 22.2 Å². The van der Waals surface area contributed by atoms with Gasteiger partial charge in [0.1, 0.15) is 72.0 Å². The summed E-state index contributed by atoms with van der Waals surface area (Å²) in [5, 5.41) is 122. The highest BCUT2D eigenvalue weighted by Crippen LogP contribution is 2.42. The molecule has 132 heavy (non-hydrogen) atoms. The summed E-state index contributed by atoms with van der Waals surface area (Å²) in [6.45, 7) is -0.294. The van der Waals surface area contributed by atoms with Crippen LogP contribution in [0.5, 0.6) is 5.75 Å². The van der Waals surface area contributed by atoms with E-state index in [1.165, 1.54) is 48.9 Å². The molecule has 1 aliphatic carbocycles. The van der Waals surface area contributed by atoms with Crippen LogP contribution in [0.25, 0.3) is 33.4 Å². The van der Waals surface area contributed by atoms with Gasteiger partial charge in [0.15, 0.2) is 52.3 Å². The Balaban J connectivity index is 1.26. The van der Waals surface area contributed by atoms with Gasteiger partial charge in [-0.1, -0.05) is 6.07 Å². The van der Waals surface area contributed by atoms with Gasteiger partial charge in [-0.25, -0.2) is 9.78 Å². The summed E-state index contributed by atoms with van der Waals surface area (Å²) in [5.74, 6) is -13.8. The Morgan fingerprint density at radius 1 is 0.432 bits per heavy atom. The van der Waals surface area contributed by atoms with Crippen LogP contribution in [0.1, 0.15) is 132 Å². The van der Waals surface area contributed by atoms with Gasteiger partial charge in [0.2, 0.25) is 59.1 Å². The van der Waals surface area contributed by atoms with Crippen LogP contribution in [0, 0.1) is 37.9 Å². The number of guanidine groups is 7. The van der Waals surface area contributed by atoms with E-state index < -0.39 is 168 Å². The van der Waals surface area contributed by atoms with Gasteiger partial charge in [0.05, 0.1) is 30.6 Å². The SMILES string of the molecule is N=C(N)NCCC[C@@H](NC(=O)[C@@H](CCCNC(=N)N)NC(=O)[C@@H](CCCNC(=N)N)NC(=O)[C@@H](CCCNC(=N)N)NC(=O)[C@@H](CCCNC(=N)N)NC(=O)[C@@H](CCCNC(=N)N)NC(=O)[C@@H](CCCNC(=N)N)NC(=O)CCCNC(=O)[C@@H](Cc1c[nH]cn1)NC(=O)CCC(=O)OCCNC(=S)Nc1ccc(-c2c3ccc(=O)cc-3oc3cc(O)ccc23)c(C(=O)O)c1)C(N)=O. The van der Waals surface area contributed by atoms with Crippen LogP contribution in [0.15, 0.2) is 76.3 Å². The maximum atomic E-state index is 14.9. The lowest BCUT2D eigenvalue weighted by Gasteiger charge is -2.28. The Kier molecular flexibility index (Phi) is 45.8. The molecule has 720 valence electrons. The number of aromatic nitrogens is 2. The number of hydrogen-bond acceptors (Lipinski definition) is 25. The second-order valence-electron chi connectivity index (χ2n) is 30.0. The Morgan fingerprint density at radius 2 is 0.826 bits per heavy atom. The molecule has 53 heteroatoms. The lowest BCUT2D eigenvalue weighted by Crippen LogP contribution is -2.60. The molecular formula is C79H121N35O17S. The van der Waals surface area contributed by atoms with E-state index in [2.05, 4.69) is 106 Å². The molecule has 2 aromatic carbocycles. The fourth-order valence-corrected chi connectivity index (χ4v) is 13.4. The molecule has 0 fully saturated rings. The number of nitrogens with one attached hydrogen (secondary N) is 26. The number of amides is 10. The molecule has 5 rings (SSSR count). The Morgan fingerprint density at radius 3 is 1.23 bits per heavy atom. The number of phenols is 1. The topological polar surface area (TPSA) is 905 Å². The summed E-state index contributed by atoms with van der Waals surface area (Å²) in [5.41, 5.74) is 45.8. The summed E-state index contributed by atoms with van der Waals surface area (Å²) in [6.07, 6.45) is 0.798. The lowest BCUT2D eigenvalue weighted by atomic mass is 9.90. The number of hydrogen-bond donors (Lipinski definition) is 36. The first-order valence-corrected chi connectivity index (χ1v) is 42.5. The average Bonchev–Trinajstić information content (AvgIpc) is 0.783. The Labute approximate surface area is 762 Å². The second kappa shape index (κ2) is 56.5. The number of primary amides is 1. The molecule has 0 spiro atoms. The van der Waals surface area contributed by atoms with Gasteiger partial charge in [-0.05, 0) is 150 Å². The van der Waals surface area contributed by atoms with Crippen molar-refractivity contribution >= 4 is 147 Å². The van der Waals surface area contributed by atoms with Crippen LogP contribution in [-0.4, -0.2) is 252 Å². The molecule has 10 amide bonds. The number of carboxylic acid groups (broad SMARTS) is 1. The molecule has 52 nitrogen and oxygen atoms in total. The minimum atomic E-state index is -1.59. The highest BCUT2D eigenvalue weighted by molar-refractivity contribution is 7.80. The first-order chi connectivity index (χ1) is 62.8. The number of aromatic hydroxyl groups is 1. The van der Waals surface area contributed by atoms with Gasteiger partial charge in [-0.15, -0.1) is 0 Å². The van der Waals surface area contributed by atoms with E-state index in [1.807, 2.05) is 0 Å². The third-order valence-corrected chi connectivity index (χ3v) is 19.8. The number of thiocarbonyl (C=S) groups is 1.